The molecule has 1 nitrogen and oxygen atoms in total. The molecule has 0 bridgehead atoms. The van der Waals surface area contributed by atoms with Crippen molar-refractivity contribution >= 4 is 14.5 Å². The Morgan fingerprint density at radius 3 is 2.75 bits per heavy atom. The molecule has 0 aromatic carbocycles. The third kappa shape index (κ3) is 1.21. The molecule has 1 aromatic rings. The van der Waals surface area contributed by atoms with Gasteiger partial charge in [-0.25, -0.2) is 0 Å². The molecule has 0 aliphatic heterocycles. The number of rotatable bonds is 1. The van der Waals surface area contributed by atoms with Gasteiger partial charge in [-0.1, -0.05) is 0 Å². The first-order valence-electron chi connectivity index (χ1n) is 2.74. The molecular weight excluding hydrogens is 165 g/mol. The zero-order chi connectivity index (χ0) is 5.98. The molecule has 0 amide bonds. The van der Waals surface area contributed by atoms with E-state index in [4.69, 9.17) is 0 Å². The maximum absolute atomic E-state index is 4.31. The predicted molar refractivity (Wildman–Crippen MR) is 35.3 cm³/mol. The molecule has 0 aliphatic carbocycles. The van der Waals surface area contributed by atoms with Crippen LogP contribution in [-0.4, -0.2) is 19.5 Å². The van der Waals surface area contributed by atoms with Crippen molar-refractivity contribution in [2.24, 2.45) is 0 Å². The molecule has 1 rings (SSSR count). The fourth-order valence-electron chi connectivity index (χ4n) is 0.565. The normalized spacial score (nSPS) is 9.75. The second kappa shape index (κ2) is 2.47. The predicted octanol–water partition coefficient (Wildman–Crippen LogP) is 1.01. The zero-order valence-corrected chi connectivity index (χ0v) is 6.85. The Labute approximate surface area is 55.5 Å². The number of hydrogen-bond donors (Lipinski definition) is 0. The van der Waals surface area contributed by atoms with Crippen LogP contribution in [0.5, 0.6) is 0 Å². The van der Waals surface area contributed by atoms with E-state index in [9.17, 15) is 0 Å². The molecule has 0 saturated heterocycles. The molecule has 1 heterocycles. The minimum absolute atomic E-state index is 0.596. The number of aryl methyl sites for hydroxylation is 2. The van der Waals surface area contributed by atoms with E-state index in [1.54, 1.807) is 0 Å². The molecule has 0 saturated carbocycles. The van der Waals surface area contributed by atoms with Crippen LogP contribution in [-0.2, 0) is 6.42 Å². The number of aromatic nitrogens is 1. The first-order chi connectivity index (χ1) is 3.83. The summed E-state index contributed by atoms with van der Waals surface area (Å²) in [4.78, 5) is 6.54. The Kier molecular flexibility index (Phi) is 1.87. The SMILES string of the molecule is CCc1nc(C)c[se]1. The molecule has 0 aliphatic rings. The molecule has 0 unspecified atom stereocenters. The van der Waals surface area contributed by atoms with E-state index in [1.165, 1.54) is 10.3 Å². The van der Waals surface area contributed by atoms with Gasteiger partial charge in [0, 0.05) is 0 Å². The summed E-state index contributed by atoms with van der Waals surface area (Å²) in [7, 11) is 0. The Balaban J connectivity index is 2.84. The monoisotopic (exact) mass is 175 g/mol. The van der Waals surface area contributed by atoms with Crippen LogP contribution in [0.4, 0.5) is 0 Å². The van der Waals surface area contributed by atoms with E-state index in [0.717, 1.165) is 6.42 Å². The van der Waals surface area contributed by atoms with Gasteiger partial charge in [0.05, 0.1) is 0 Å². The minimum atomic E-state index is 0.596. The van der Waals surface area contributed by atoms with E-state index < -0.39 is 0 Å². The van der Waals surface area contributed by atoms with Gasteiger partial charge in [-0.3, -0.25) is 0 Å². The Hall–Kier alpha value is -0.0705. The summed E-state index contributed by atoms with van der Waals surface area (Å²) in [5.74, 6) is 0. The van der Waals surface area contributed by atoms with Gasteiger partial charge in [0.1, 0.15) is 0 Å². The molecule has 0 fully saturated rings. The van der Waals surface area contributed by atoms with Gasteiger partial charge in [0.25, 0.3) is 0 Å². The molecule has 2 heteroatoms. The molecule has 0 radical (unpaired) electrons. The quantitative estimate of drug-likeness (QED) is 0.579. The van der Waals surface area contributed by atoms with Crippen LogP contribution in [0.25, 0.3) is 0 Å². The van der Waals surface area contributed by atoms with Crippen LogP contribution in [0, 0.1) is 6.92 Å². The molecule has 0 N–H and O–H groups in total. The van der Waals surface area contributed by atoms with Gasteiger partial charge < -0.3 is 0 Å². The summed E-state index contributed by atoms with van der Waals surface area (Å²) in [5.41, 5.74) is 1.21. The van der Waals surface area contributed by atoms with Crippen LogP contribution < -0.4 is 0 Å². The fourth-order valence-corrected chi connectivity index (χ4v) is 2.08. The Morgan fingerprint density at radius 2 is 2.50 bits per heavy atom. The van der Waals surface area contributed by atoms with E-state index in [2.05, 4.69) is 23.8 Å². The van der Waals surface area contributed by atoms with Gasteiger partial charge in [-0.15, -0.1) is 0 Å². The van der Waals surface area contributed by atoms with E-state index >= 15 is 0 Å². The molecule has 44 valence electrons. The third-order valence-electron chi connectivity index (χ3n) is 0.969. The van der Waals surface area contributed by atoms with Crippen molar-refractivity contribution in [2.45, 2.75) is 20.3 Å². The van der Waals surface area contributed by atoms with Crippen molar-refractivity contribution in [3.05, 3.63) is 15.2 Å². The van der Waals surface area contributed by atoms with Crippen LogP contribution in [0.2, 0.25) is 0 Å². The Morgan fingerprint density at radius 1 is 1.75 bits per heavy atom. The summed E-state index contributed by atoms with van der Waals surface area (Å²) in [5, 5.41) is 0. The third-order valence-corrected chi connectivity index (χ3v) is 3.30. The summed E-state index contributed by atoms with van der Waals surface area (Å²) >= 11 is 0.596. The van der Waals surface area contributed by atoms with E-state index in [1.807, 2.05) is 0 Å². The first-order valence-corrected chi connectivity index (χ1v) is 4.58. The van der Waals surface area contributed by atoms with Crippen LogP contribution in [0.1, 0.15) is 17.2 Å². The second-order valence-corrected chi connectivity index (χ2v) is 3.71. The summed E-state index contributed by atoms with van der Waals surface area (Å²) in [6.45, 7) is 4.22. The van der Waals surface area contributed by atoms with Crippen molar-refractivity contribution < 1.29 is 0 Å². The molecule has 0 atom stereocenters. The average molecular weight is 174 g/mol. The maximum atomic E-state index is 4.31. The summed E-state index contributed by atoms with van der Waals surface area (Å²) in [6.07, 6.45) is 1.13. The van der Waals surface area contributed by atoms with Crippen LogP contribution >= 0.6 is 0 Å². The zero-order valence-electron chi connectivity index (χ0n) is 5.14. The topological polar surface area (TPSA) is 12.9 Å². The van der Waals surface area contributed by atoms with Gasteiger partial charge in [0.15, 0.2) is 0 Å². The van der Waals surface area contributed by atoms with E-state index in [-0.39, 0.29) is 0 Å². The Bertz CT molecular complexity index is 169. The first kappa shape index (κ1) is 6.06. The molecule has 0 spiro atoms. The molecule has 8 heavy (non-hydrogen) atoms. The van der Waals surface area contributed by atoms with Gasteiger partial charge >= 0.3 is 55.0 Å². The number of nitrogens with zero attached hydrogens (tertiary/aromatic N) is 1. The van der Waals surface area contributed by atoms with Crippen molar-refractivity contribution in [3.8, 4) is 0 Å². The van der Waals surface area contributed by atoms with Crippen LogP contribution in [0.15, 0.2) is 4.94 Å². The molecular formula is C6H9NSe. The standard InChI is InChI=1S/C6H9NSe/c1-3-6-7-5(2)4-8-6/h4H,3H2,1-2H3. The van der Waals surface area contributed by atoms with Crippen molar-refractivity contribution in [3.63, 3.8) is 0 Å². The fraction of sp³-hybridized carbons (Fsp3) is 0.500. The van der Waals surface area contributed by atoms with Crippen molar-refractivity contribution in [1.82, 2.24) is 4.98 Å². The average Bonchev–Trinajstić information content (AvgIpc) is 2.14. The van der Waals surface area contributed by atoms with Gasteiger partial charge in [-0.2, -0.15) is 0 Å². The molecule has 1 aromatic heterocycles. The van der Waals surface area contributed by atoms with Crippen molar-refractivity contribution in [2.75, 3.05) is 0 Å². The van der Waals surface area contributed by atoms with Gasteiger partial charge in [0.2, 0.25) is 0 Å². The summed E-state index contributed by atoms with van der Waals surface area (Å²) in [6, 6.07) is 0. The summed E-state index contributed by atoms with van der Waals surface area (Å²) < 4.78 is 1.38. The van der Waals surface area contributed by atoms with E-state index in [0.29, 0.717) is 14.5 Å². The van der Waals surface area contributed by atoms with Gasteiger partial charge in [-0.05, 0) is 0 Å². The van der Waals surface area contributed by atoms with Crippen molar-refractivity contribution in [1.29, 1.82) is 0 Å². The van der Waals surface area contributed by atoms with Crippen LogP contribution in [0.3, 0.4) is 0 Å². The second-order valence-electron chi connectivity index (χ2n) is 1.74. The number of hydrogen-bond acceptors (Lipinski definition) is 1.